The van der Waals surface area contributed by atoms with Crippen LogP contribution in [0.3, 0.4) is 0 Å². The van der Waals surface area contributed by atoms with E-state index in [2.05, 4.69) is 21.9 Å². The zero-order chi connectivity index (χ0) is 12.8. The smallest absolute Gasteiger partial charge is 0.373 e. The summed E-state index contributed by atoms with van der Waals surface area (Å²) >= 11 is 0. The standard InChI is InChI=1S/C12H20N2O3/c1-9(14(2)3)7-13-8-10-5-6-11(17-10)12(15)16-4/h5-6,9,13H,7-8H2,1-4H3. The number of nitrogens with zero attached hydrogens (tertiary/aromatic N) is 1. The molecular formula is C12H20N2O3. The third-order valence-corrected chi connectivity index (χ3v) is 2.67. The second-order valence-corrected chi connectivity index (χ2v) is 4.20. The van der Waals surface area contributed by atoms with Crippen molar-refractivity contribution in [2.75, 3.05) is 27.7 Å². The van der Waals surface area contributed by atoms with E-state index in [1.165, 1.54) is 7.11 Å². The molecule has 0 saturated carbocycles. The average Bonchev–Trinajstić information content (AvgIpc) is 2.76. The van der Waals surface area contributed by atoms with E-state index in [4.69, 9.17) is 4.42 Å². The molecule has 0 aliphatic heterocycles. The zero-order valence-electron chi connectivity index (χ0n) is 10.8. The number of hydrogen-bond acceptors (Lipinski definition) is 5. The molecule has 0 saturated heterocycles. The van der Waals surface area contributed by atoms with Gasteiger partial charge < -0.3 is 19.4 Å². The Labute approximate surface area is 102 Å². The number of likely N-dealkylation sites (N-methyl/N-ethyl adjacent to an activating group) is 1. The summed E-state index contributed by atoms with van der Waals surface area (Å²) in [4.78, 5) is 13.3. The Kier molecular flexibility index (Phi) is 5.18. The molecule has 1 N–H and O–H groups in total. The summed E-state index contributed by atoms with van der Waals surface area (Å²) in [6.45, 7) is 3.60. The molecular weight excluding hydrogens is 220 g/mol. The van der Waals surface area contributed by atoms with Crippen LogP contribution in [-0.4, -0.2) is 44.7 Å². The van der Waals surface area contributed by atoms with Gasteiger partial charge in [0.05, 0.1) is 13.7 Å². The van der Waals surface area contributed by atoms with Gasteiger partial charge in [0.1, 0.15) is 5.76 Å². The van der Waals surface area contributed by atoms with Gasteiger partial charge in [-0.3, -0.25) is 0 Å². The van der Waals surface area contributed by atoms with Gasteiger partial charge in [0.2, 0.25) is 5.76 Å². The summed E-state index contributed by atoms with van der Waals surface area (Å²) in [5, 5.41) is 3.27. The van der Waals surface area contributed by atoms with Crippen molar-refractivity contribution in [2.24, 2.45) is 0 Å². The first-order valence-electron chi connectivity index (χ1n) is 5.58. The van der Waals surface area contributed by atoms with Crippen molar-refractivity contribution in [3.63, 3.8) is 0 Å². The normalized spacial score (nSPS) is 12.8. The van der Waals surface area contributed by atoms with E-state index in [1.54, 1.807) is 12.1 Å². The van der Waals surface area contributed by atoms with Gasteiger partial charge in [-0.15, -0.1) is 0 Å². The monoisotopic (exact) mass is 240 g/mol. The minimum atomic E-state index is -0.446. The molecule has 1 heterocycles. The van der Waals surface area contributed by atoms with Crippen molar-refractivity contribution in [3.05, 3.63) is 23.7 Å². The lowest BCUT2D eigenvalue weighted by molar-refractivity contribution is 0.0563. The SMILES string of the molecule is COC(=O)c1ccc(CNCC(C)N(C)C)o1. The Bertz CT molecular complexity index is 360. The fourth-order valence-electron chi connectivity index (χ4n) is 1.27. The van der Waals surface area contributed by atoms with Gasteiger partial charge in [-0.2, -0.15) is 0 Å². The van der Waals surface area contributed by atoms with Crippen LogP contribution in [0.5, 0.6) is 0 Å². The molecule has 0 spiro atoms. The lowest BCUT2D eigenvalue weighted by Crippen LogP contribution is -2.35. The minimum Gasteiger partial charge on any atom is -0.463 e. The first-order chi connectivity index (χ1) is 8.04. The minimum absolute atomic E-state index is 0.241. The molecule has 0 aromatic carbocycles. The molecule has 0 amide bonds. The largest absolute Gasteiger partial charge is 0.463 e. The molecule has 1 rings (SSSR count). The highest BCUT2D eigenvalue weighted by molar-refractivity contribution is 5.86. The Morgan fingerprint density at radius 2 is 2.24 bits per heavy atom. The molecule has 0 aliphatic carbocycles. The van der Waals surface area contributed by atoms with Gasteiger partial charge in [0, 0.05) is 12.6 Å². The van der Waals surface area contributed by atoms with Gasteiger partial charge in [-0.1, -0.05) is 0 Å². The first-order valence-corrected chi connectivity index (χ1v) is 5.58. The van der Waals surface area contributed by atoms with E-state index in [-0.39, 0.29) is 5.76 Å². The third-order valence-electron chi connectivity index (χ3n) is 2.67. The maximum absolute atomic E-state index is 11.2. The van der Waals surface area contributed by atoms with Gasteiger partial charge in [-0.05, 0) is 33.2 Å². The molecule has 1 unspecified atom stereocenters. The van der Waals surface area contributed by atoms with Crippen LogP contribution in [0.1, 0.15) is 23.2 Å². The maximum Gasteiger partial charge on any atom is 0.373 e. The Balaban J connectivity index is 2.37. The molecule has 0 aliphatic rings. The number of carbonyl (C=O) groups is 1. The van der Waals surface area contributed by atoms with E-state index in [0.717, 1.165) is 12.3 Å². The van der Waals surface area contributed by atoms with E-state index < -0.39 is 5.97 Å². The lowest BCUT2D eigenvalue weighted by atomic mass is 10.3. The van der Waals surface area contributed by atoms with Gasteiger partial charge in [0.25, 0.3) is 0 Å². The summed E-state index contributed by atoms with van der Waals surface area (Å²) in [6.07, 6.45) is 0. The van der Waals surface area contributed by atoms with Crippen LogP contribution >= 0.6 is 0 Å². The highest BCUT2D eigenvalue weighted by atomic mass is 16.5. The summed E-state index contributed by atoms with van der Waals surface area (Å²) in [5.74, 6) is 0.527. The van der Waals surface area contributed by atoms with Crippen molar-refractivity contribution >= 4 is 5.97 Å². The van der Waals surface area contributed by atoms with E-state index in [9.17, 15) is 4.79 Å². The predicted octanol–water partition coefficient (Wildman–Crippen LogP) is 1.11. The number of rotatable bonds is 6. The third kappa shape index (κ3) is 4.20. The fourth-order valence-corrected chi connectivity index (χ4v) is 1.27. The van der Waals surface area contributed by atoms with Gasteiger partial charge >= 0.3 is 5.97 Å². The quantitative estimate of drug-likeness (QED) is 0.755. The molecule has 1 aromatic rings. The van der Waals surface area contributed by atoms with Crippen LogP contribution in [0.15, 0.2) is 16.5 Å². The van der Waals surface area contributed by atoms with Crippen molar-refractivity contribution in [1.82, 2.24) is 10.2 Å². The van der Waals surface area contributed by atoms with E-state index in [0.29, 0.717) is 12.6 Å². The van der Waals surface area contributed by atoms with Crippen LogP contribution in [0.2, 0.25) is 0 Å². The van der Waals surface area contributed by atoms with Crippen LogP contribution < -0.4 is 5.32 Å². The molecule has 96 valence electrons. The summed E-state index contributed by atoms with van der Waals surface area (Å²) < 4.78 is 9.89. The molecule has 1 atom stereocenters. The molecule has 0 radical (unpaired) electrons. The fraction of sp³-hybridized carbons (Fsp3) is 0.583. The number of nitrogens with one attached hydrogen (secondary N) is 1. The van der Waals surface area contributed by atoms with Crippen LogP contribution in [0, 0.1) is 0 Å². The van der Waals surface area contributed by atoms with Crippen molar-refractivity contribution < 1.29 is 13.9 Å². The molecule has 0 fully saturated rings. The molecule has 5 nitrogen and oxygen atoms in total. The second-order valence-electron chi connectivity index (χ2n) is 4.20. The number of methoxy groups -OCH3 is 1. The number of carbonyl (C=O) groups excluding carboxylic acids is 1. The summed E-state index contributed by atoms with van der Waals surface area (Å²) in [7, 11) is 5.41. The number of esters is 1. The predicted molar refractivity (Wildman–Crippen MR) is 64.9 cm³/mol. The van der Waals surface area contributed by atoms with Crippen LogP contribution in [0.25, 0.3) is 0 Å². The topological polar surface area (TPSA) is 54.7 Å². The number of hydrogen-bond donors (Lipinski definition) is 1. The Morgan fingerprint density at radius 1 is 1.53 bits per heavy atom. The van der Waals surface area contributed by atoms with Crippen molar-refractivity contribution in [1.29, 1.82) is 0 Å². The highest BCUT2D eigenvalue weighted by Crippen LogP contribution is 2.08. The molecule has 1 aromatic heterocycles. The Hall–Kier alpha value is -1.33. The maximum atomic E-state index is 11.2. The summed E-state index contributed by atoms with van der Waals surface area (Å²) in [5.41, 5.74) is 0. The second kappa shape index (κ2) is 6.42. The Morgan fingerprint density at radius 3 is 2.82 bits per heavy atom. The van der Waals surface area contributed by atoms with Gasteiger partial charge in [-0.25, -0.2) is 4.79 Å². The lowest BCUT2D eigenvalue weighted by Gasteiger charge is -2.19. The molecule has 0 bridgehead atoms. The number of furan rings is 1. The van der Waals surface area contributed by atoms with Crippen molar-refractivity contribution in [3.8, 4) is 0 Å². The molecule has 17 heavy (non-hydrogen) atoms. The van der Waals surface area contributed by atoms with Crippen LogP contribution in [0.4, 0.5) is 0 Å². The van der Waals surface area contributed by atoms with Crippen molar-refractivity contribution in [2.45, 2.75) is 19.5 Å². The summed E-state index contributed by atoms with van der Waals surface area (Å²) in [6, 6.07) is 3.85. The first kappa shape index (κ1) is 13.7. The highest BCUT2D eigenvalue weighted by Gasteiger charge is 2.11. The number of ether oxygens (including phenoxy) is 1. The molecule has 5 heteroatoms. The van der Waals surface area contributed by atoms with Gasteiger partial charge in [0.15, 0.2) is 0 Å². The van der Waals surface area contributed by atoms with E-state index >= 15 is 0 Å². The average molecular weight is 240 g/mol. The van der Waals surface area contributed by atoms with E-state index in [1.807, 2.05) is 14.1 Å². The zero-order valence-corrected chi connectivity index (χ0v) is 10.8. The van der Waals surface area contributed by atoms with Crippen LogP contribution in [-0.2, 0) is 11.3 Å².